The summed E-state index contributed by atoms with van der Waals surface area (Å²) in [5.74, 6) is 2.05. The van der Waals surface area contributed by atoms with E-state index in [4.69, 9.17) is 9.47 Å². The number of nitrogens with one attached hydrogen (secondary N) is 1. The number of benzene rings is 2. The summed E-state index contributed by atoms with van der Waals surface area (Å²) < 4.78 is 12.7. The topological polar surface area (TPSA) is 30.5 Å². The number of methoxy groups -OCH3 is 1. The molecule has 0 unspecified atom stereocenters. The fourth-order valence-electron chi connectivity index (χ4n) is 3.93. The molecule has 120 valence electrons. The molecule has 0 aromatic heterocycles. The minimum absolute atomic E-state index is 0.0236. The maximum absolute atomic E-state index is 6.12. The normalized spacial score (nSPS) is 23.7. The van der Waals surface area contributed by atoms with Gasteiger partial charge in [-0.25, -0.2) is 0 Å². The van der Waals surface area contributed by atoms with Crippen LogP contribution in [0.2, 0.25) is 0 Å². The van der Waals surface area contributed by atoms with Crippen LogP contribution in [0.1, 0.15) is 31.0 Å². The summed E-state index contributed by atoms with van der Waals surface area (Å²) in [5.41, 5.74) is 3.75. The van der Waals surface area contributed by atoms with Gasteiger partial charge in [0.05, 0.1) is 19.8 Å². The van der Waals surface area contributed by atoms with E-state index < -0.39 is 0 Å². The van der Waals surface area contributed by atoms with Gasteiger partial charge in [0.1, 0.15) is 0 Å². The quantitative estimate of drug-likeness (QED) is 0.769. The van der Waals surface area contributed by atoms with Crippen molar-refractivity contribution in [2.24, 2.45) is 5.92 Å². The molecule has 2 aliphatic heterocycles. The number of anilines is 1. The Morgan fingerprint density at radius 2 is 2.09 bits per heavy atom. The van der Waals surface area contributed by atoms with Crippen LogP contribution in [0, 0.1) is 5.92 Å². The Balaban J connectivity index is 1.86. The maximum Gasteiger partial charge on any atom is 0.166 e. The minimum Gasteiger partial charge on any atom is -0.493 e. The fraction of sp³-hybridized carbons (Fsp3) is 0.368. The van der Waals surface area contributed by atoms with Crippen molar-refractivity contribution in [3.8, 4) is 11.5 Å². The van der Waals surface area contributed by atoms with Gasteiger partial charge in [0, 0.05) is 27.1 Å². The fourth-order valence-corrected chi connectivity index (χ4v) is 4.29. The summed E-state index contributed by atoms with van der Waals surface area (Å²) in [5, 5.41) is 3.73. The highest BCUT2D eigenvalue weighted by Crippen LogP contribution is 2.53. The average Bonchev–Trinajstić information content (AvgIpc) is 2.55. The van der Waals surface area contributed by atoms with Crippen LogP contribution >= 0.6 is 15.9 Å². The molecule has 0 spiro atoms. The number of ether oxygens (including phenoxy) is 2. The van der Waals surface area contributed by atoms with E-state index in [1.165, 1.54) is 16.8 Å². The second-order valence-corrected chi connectivity index (χ2v) is 7.75. The Hall–Kier alpha value is -1.68. The summed E-state index contributed by atoms with van der Waals surface area (Å²) in [4.78, 5) is 0. The van der Waals surface area contributed by atoms with E-state index in [2.05, 4.69) is 59.4 Å². The first-order valence-corrected chi connectivity index (χ1v) is 8.68. The molecule has 0 fully saturated rings. The lowest BCUT2D eigenvalue weighted by Crippen LogP contribution is -2.46. The molecule has 0 saturated heterocycles. The van der Waals surface area contributed by atoms with Gasteiger partial charge in [-0.3, -0.25) is 0 Å². The predicted octanol–water partition coefficient (Wildman–Crippen LogP) is 4.91. The number of hydrogen-bond donors (Lipinski definition) is 1. The molecule has 0 amide bonds. The lowest BCUT2D eigenvalue weighted by Gasteiger charge is -2.48. The van der Waals surface area contributed by atoms with Crippen molar-refractivity contribution in [2.75, 3.05) is 19.0 Å². The van der Waals surface area contributed by atoms with E-state index in [9.17, 15) is 0 Å². The molecule has 4 heteroatoms. The highest BCUT2D eigenvalue weighted by atomic mass is 79.9. The molecule has 1 N–H and O–H groups in total. The number of hydrogen-bond acceptors (Lipinski definition) is 3. The van der Waals surface area contributed by atoms with Crippen LogP contribution in [0.3, 0.4) is 0 Å². The van der Waals surface area contributed by atoms with Gasteiger partial charge in [-0.05, 0) is 29.8 Å². The van der Waals surface area contributed by atoms with E-state index >= 15 is 0 Å². The van der Waals surface area contributed by atoms with Crippen molar-refractivity contribution in [3.63, 3.8) is 0 Å². The zero-order valence-electron chi connectivity index (χ0n) is 13.5. The summed E-state index contributed by atoms with van der Waals surface area (Å²) in [6, 6.07) is 12.8. The van der Waals surface area contributed by atoms with Crippen molar-refractivity contribution in [3.05, 3.63) is 52.0 Å². The number of para-hydroxylation sites is 1. The molecule has 2 aromatic carbocycles. The zero-order chi connectivity index (χ0) is 16.2. The molecule has 4 rings (SSSR count). The monoisotopic (exact) mass is 373 g/mol. The van der Waals surface area contributed by atoms with Gasteiger partial charge in [0.15, 0.2) is 11.5 Å². The highest BCUT2D eigenvalue weighted by Gasteiger charge is 2.46. The Morgan fingerprint density at radius 3 is 2.87 bits per heavy atom. The standard InChI is InChI=1S/C19H20BrNO2/c1-19(2)13-9-11(20)7-8-15(13)21-17-12-5-4-6-16(22-3)18(12)23-10-14(17)19/h4-9,14,17,21H,10H2,1-3H3/t14-,17-/m1/s1. The van der Waals surface area contributed by atoms with Gasteiger partial charge in [-0.1, -0.05) is 41.9 Å². The SMILES string of the molecule is COc1cccc2c1OC[C@@H]1[C@@H]2Nc2ccc(Br)cc2C1(C)C. The molecule has 0 saturated carbocycles. The Bertz CT molecular complexity index is 772. The van der Waals surface area contributed by atoms with Gasteiger partial charge in [0.2, 0.25) is 0 Å². The van der Waals surface area contributed by atoms with Crippen molar-refractivity contribution in [1.29, 1.82) is 0 Å². The van der Waals surface area contributed by atoms with Crippen LogP contribution in [0.15, 0.2) is 40.9 Å². The van der Waals surface area contributed by atoms with Gasteiger partial charge in [-0.15, -0.1) is 0 Å². The number of halogens is 1. The largest absolute Gasteiger partial charge is 0.493 e. The van der Waals surface area contributed by atoms with Crippen molar-refractivity contribution in [2.45, 2.75) is 25.3 Å². The van der Waals surface area contributed by atoms with E-state index in [0.29, 0.717) is 12.5 Å². The third-order valence-electron chi connectivity index (χ3n) is 5.29. The maximum atomic E-state index is 6.12. The lowest BCUT2D eigenvalue weighted by atomic mass is 9.65. The highest BCUT2D eigenvalue weighted by molar-refractivity contribution is 9.10. The molecule has 2 aliphatic rings. The summed E-state index contributed by atoms with van der Waals surface area (Å²) in [6.07, 6.45) is 0. The van der Waals surface area contributed by atoms with Crippen molar-refractivity contribution in [1.82, 2.24) is 0 Å². The van der Waals surface area contributed by atoms with Crippen LogP contribution in [0.5, 0.6) is 11.5 Å². The first kappa shape index (κ1) is 14.9. The summed E-state index contributed by atoms with van der Waals surface area (Å²) >= 11 is 3.60. The van der Waals surface area contributed by atoms with Crippen LogP contribution < -0.4 is 14.8 Å². The summed E-state index contributed by atoms with van der Waals surface area (Å²) in [6.45, 7) is 5.31. The van der Waals surface area contributed by atoms with Crippen LogP contribution in [-0.4, -0.2) is 13.7 Å². The van der Waals surface area contributed by atoms with Crippen molar-refractivity contribution >= 4 is 21.6 Å². The van der Waals surface area contributed by atoms with Gasteiger partial charge in [0.25, 0.3) is 0 Å². The molecule has 0 bridgehead atoms. The summed E-state index contributed by atoms with van der Waals surface area (Å²) in [7, 11) is 1.69. The Labute approximate surface area is 145 Å². The minimum atomic E-state index is 0.0236. The van der Waals surface area contributed by atoms with Crippen LogP contribution in [0.25, 0.3) is 0 Å². The number of fused-ring (bicyclic) bond motifs is 4. The molecule has 3 nitrogen and oxygen atoms in total. The molecule has 2 heterocycles. The first-order valence-electron chi connectivity index (χ1n) is 7.88. The van der Waals surface area contributed by atoms with Crippen molar-refractivity contribution < 1.29 is 9.47 Å². The second-order valence-electron chi connectivity index (χ2n) is 6.83. The molecule has 0 radical (unpaired) electrons. The lowest BCUT2D eigenvalue weighted by molar-refractivity contribution is 0.131. The molecular weight excluding hydrogens is 354 g/mol. The molecule has 2 atom stereocenters. The Morgan fingerprint density at radius 1 is 1.26 bits per heavy atom. The van der Waals surface area contributed by atoms with E-state index in [1.54, 1.807) is 7.11 Å². The third-order valence-corrected chi connectivity index (χ3v) is 5.78. The molecular formula is C19H20BrNO2. The van der Waals surface area contributed by atoms with E-state index in [1.807, 2.05) is 12.1 Å². The molecule has 23 heavy (non-hydrogen) atoms. The van der Waals surface area contributed by atoms with Gasteiger partial charge < -0.3 is 14.8 Å². The van der Waals surface area contributed by atoms with Crippen LogP contribution in [0.4, 0.5) is 5.69 Å². The Kier molecular flexibility index (Phi) is 3.34. The smallest absolute Gasteiger partial charge is 0.166 e. The first-order chi connectivity index (χ1) is 11.0. The van der Waals surface area contributed by atoms with E-state index in [0.717, 1.165) is 16.0 Å². The van der Waals surface area contributed by atoms with Crippen LogP contribution in [-0.2, 0) is 5.41 Å². The zero-order valence-corrected chi connectivity index (χ0v) is 15.1. The molecule has 2 aromatic rings. The van der Waals surface area contributed by atoms with E-state index in [-0.39, 0.29) is 11.5 Å². The third kappa shape index (κ3) is 2.15. The average molecular weight is 374 g/mol. The van der Waals surface area contributed by atoms with Gasteiger partial charge >= 0.3 is 0 Å². The predicted molar refractivity (Wildman–Crippen MR) is 95.5 cm³/mol. The molecule has 0 aliphatic carbocycles. The number of rotatable bonds is 1. The van der Waals surface area contributed by atoms with Gasteiger partial charge in [-0.2, -0.15) is 0 Å². The second kappa shape index (κ2) is 5.17.